The summed E-state index contributed by atoms with van der Waals surface area (Å²) in [6, 6.07) is 1.43. The van der Waals surface area contributed by atoms with Crippen molar-refractivity contribution in [1.82, 2.24) is 4.72 Å². The predicted molar refractivity (Wildman–Crippen MR) is 101 cm³/mol. The highest BCUT2D eigenvalue weighted by Gasteiger charge is 2.47. The van der Waals surface area contributed by atoms with Crippen molar-refractivity contribution in [2.24, 2.45) is 0 Å². The fraction of sp³-hybridized carbons (Fsp3) is 0.200. The van der Waals surface area contributed by atoms with Gasteiger partial charge in [0.25, 0.3) is 5.91 Å². The lowest BCUT2D eigenvalue weighted by atomic mass is 10.2. The SMILES string of the molecule is CC(=O)Nc1c(I)cc(I)c(C(=O)NS(=O)(=O)C(F)(F)F)c1I. The molecule has 1 aromatic rings. The highest BCUT2D eigenvalue weighted by Crippen LogP contribution is 2.32. The summed E-state index contributed by atoms with van der Waals surface area (Å²) < 4.78 is 61.1. The summed E-state index contributed by atoms with van der Waals surface area (Å²) in [5.41, 5.74) is -5.67. The minimum Gasteiger partial charge on any atom is -0.324 e. The van der Waals surface area contributed by atoms with Crippen molar-refractivity contribution in [1.29, 1.82) is 0 Å². The molecule has 1 rings (SSSR count). The molecule has 0 bridgehead atoms. The van der Waals surface area contributed by atoms with E-state index in [2.05, 4.69) is 5.32 Å². The molecule has 2 N–H and O–H groups in total. The number of carbonyl (C=O) groups is 2. The number of hydrogen-bond donors (Lipinski definition) is 2. The van der Waals surface area contributed by atoms with Crippen molar-refractivity contribution in [3.8, 4) is 0 Å². The van der Waals surface area contributed by atoms with Gasteiger partial charge in [-0.05, 0) is 73.8 Å². The van der Waals surface area contributed by atoms with Gasteiger partial charge in [-0.1, -0.05) is 0 Å². The maximum absolute atomic E-state index is 12.4. The summed E-state index contributed by atoms with van der Waals surface area (Å²) >= 11 is 5.21. The predicted octanol–water partition coefficient (Wildman–Crippen LogP) is 3.04. The summed E-state index contributed by atoms with van der Waals surface area (Å²) in [7, 11) is -5.82. The average molecular weight is 688 g/mol. The van der Waals surface area contributed by atoms with Gasteiger partial charge in [0.1, 0.15) is 0 Å². The van der Waals surface area contributed by atoms with Gasteiger partial charge in [-0.2, -0.15) is 21.6 Å². The lowest BCUT2D eigenvalue weighted by Crippen LogP contribution is -2.40. The van der Waals surface area contributed by atoms with Crippen LogP contribution in [0.5, 0.6) is 0 Å². The molecule has 0 unspecified atom stereocenters. The van der Waals surface area contributed by atoms with Crippen LogP contribution in [0.2, 0.25) is 0 Å². The molecule has 0 aromatic heterocycles. The molecule has 0 saturated heterocycles. The van der Waals surface area contributed by atoms with Crippen LogP contribution < -0.4 is 10.0 Å². The molecule has 0 fully saturated rings. The van der Waals surface area contributed by atoms with Crippen molar-refractivity contribution in [3.05, 3.63) is 22.3 Å². The second-order valence-electron chi connectivity index (χ2n) is 3.97. The van der Waals surface area contributed by atoms with E-state index in [4.69, 9.17) is 0 Å². The third-order valence-corrected chi connectivity index (χ3v) is 6.07. The Balaban J connectivity index is 3.38. The Labute approximate surface area is 169 Å². The van der Waals surface area contributed by atoms with Crippen LogP contribution >= 0.6 is 67.8 Å². The summed E-state index contributed by atoms with van der Waals surface area (Å²) in [5.74, 6) is -1.88. The topological polar surface area (TPSA) is 92.3 Å². The first-order chi connectivity index (χ1) is 10.3. The first kappa shape index (κ1) is 21.1. The van der Waals surface area contributed by atoms with Gasteiger partial charge in [-0.3, -0.25) is 9.59 Å². The number of halogens is 6. The molecule has 13 heteroatoms. The molecule has 2 amide bonds. The van der Waals surface area contributed by atoms with E-state index >= 15 is 0 Å². The minimum atomic E-state index is -5.82. The fourth-order valence-corrected chi connectivity index (χ4v) is 5.91. The molecule has 23 heavy (non-hydrogen) atoms. The highest BCUT2D eigenvalue weighted by molar-refractivity contribution is 14.1. The minimum absolute atomic E-state index is 0.129. The van der Waals surface area contributed by atoms with Gasteiger partial charge >= 0.3 is 15.5 Å². The lowest BCUT2D eigenvalue weighted by molar-refractivity contribution is -0.114. The van der Waals surface area contributed by atoms with Gasteiger partial charge in [0.15, 0.2) is 0 Å². The molecule has 0 atom stereocenters. The second-order valence-corrected chi connectivity index (χ2v) is 9.04. The van der Waals surface area contributed by atoms with Crippen molar-refractivity contribution >= 4 is 95.3 Å². The molecule has 0 heterocycles. The van der Waals surface area contributed by atoms with E-state index in [0.717, 1.165) is 4.72 Å². The number of carbonyl (C=O) groups excluding carboxylic acids is 2. The summed E-state index contributed by atoms with van der Waals surface area (Å²) in [4.78, 5) is 23.2. The van der Waals surface area contributed by atoms with Gasteiger partial charge < -0.3 is 5.32 Å². The molecule has 1 aromatic carbocycles. The normalized spacial score (nSPS) is 12.0. The third-order valence-electron chi connectivity index (χ3n) is 2.23. The monoisotopic (exact) mass is 688 g/mol. The number of nitrogens with one attached hydrogen (secondary N) is 2. The first-order valence-corrected chi connectivity index (χ1v) is 10.1. The molecule has 0 saturated carbocycles. The lowest BCUT2D eigenvalue weighted by Gasteiger charge is -2.15. The first-order valence-electron chi connectivity index (χ1n) is 5.36. The highest BCUT2D eigenvalue weighted by atomic mass is 127. The van der Waals surface area contributed by atoms with Crippen LogP contribution in [-0.2, 0) is 14.8 Å². The average Bonchev–Trinajstić information content (AvgIpc) is 2.31. The van der Waals surface area contributed by atoms with Crippen LogP contribution in [0.3, 0.4) is 0 Å². The van der Waals surface area contributed by atoms with E-state index in [9.17, 15) is 31.2 Å². The number of alkyl halides is 3. The Hall–Kier alpha value is 0.0900. The van der Waals surface area contributed by atoms with Crippen molar-refractivity contribution in [3.63, 3.8) is 0 Å². The number of amides is 2. The quantitative estimate of drug-likeness (QED) is 0.479. The third kappa shape index (κ3) is 5.03. The second kappa shape index (κ2) is 7.54. The molecule has 0 aliphatic heterocycles. The Bertz CT molecular complexity index is 781. The zero-order valence-electron chi connectivity index (χ0n) is 10.9. The Morgan fingerprint density at radius 1 is 1.13 bits per heavy atom. The number of rotatable bonds is 3. The van der Waals surface area contributed by atoms with Gasteiger partial charge in [0, 0.05) is 14.1 Å². The van der Waals surface area contributed by atoms with Gasteiger partial charge in [0.05, 0.1) is 14.8 Å². The van der Waals surface area contributed by atoms with E-state index in [0.29, 0.717) is 3.57 Å². The molecule has 6 nitrogen and oxygen atoms in total. The zero-order valence-corrected chi connectivity index (χ0v) is 18.2. The van der Waals surface area contributed by atoms with Gasteiger partial charge in [-0.25, -0.2) is 4.72 Å². The summed E-state index contributed by atoms with van der Waals surface area (Å²) in [5, 5.41) is 2.45. The van der Waals surface area contributed by atoms with E-state index in [-0.39, 0.29) is 18.4 Å². The molecule has 0 radical (unpaired) electrons. The molecule has 128 valence electrons. The standard InChI is InChI=1S/C10H6F3I3N2O4S/c1-3(19)17-8-5(15)2-4(14)6(7(8)16)9(20)18-23(21,22)10(11,12)13/h2H,1H3,(H,17,19)(H,18,20). The van der Waals surface area contributed by atoms with Crippen LogP contribution in [-0.4, -0.2) is 25.7 Å². The summed E-state index contributed by atoms with van der Waals surface area (Å²) in [6.07, 6.45) is 0. The fourth-order valence-electron chi connectivity index (χ4n) is 1.32. The molecule has 0 aliphatic rings. The van der Waals surface area contributed by atoms with E-state index < -0.39 is 27.3 Å². The van der Waals surface area contributed by atoms with Crippen LogP contribution in [0.25, 0.3) is 0 Å². The van der Waals surface area contributed by atoms with Crippen molar-refractivity contribution in [2.75, 3.05) is 5.32 Å². The van der Waals surface area contributed by atoms with E-state index in [1.165, 1.54) is 13.0 Å². The van der Waals surface area contributed by atoms with Gasteiger partial charge in [-0.15, -0.1) is 0 Å². The van der Waals surface area contributed by atoms with Crippen LogP contribution in [0.4, 0.5) is 18.9 Å². The van der Waals surface area contributed by atoms with Gasteiger partial charge in [0.2, 0.25) is 5.91 Å². The largest absolute Gasteiger partial charge is 0.516 e. The molecule has 0 aliphatic carbocycles. The number of sulfonamides is 1. The zero-order chi connectivity index (χ0) is 18.2. The van der Waals surface area contributed by atoms with E-state index in [1.54, 1.807) is 45.2 Å². The maximum Gasteiger partial charge on any atom is 0.516 e. The smallest absolute Gasteiger partial charge is 0.324 e. The number of benzene rings is 1. The van der Waals surface area contributed by atoms with Crippen LogP contribution in [0.1, 0.15) is 17.3 Å². The Morgan fingerprint density at radius 2 is 1.65 bits per heavy atom. The Kier molecular flexibility index (Phi) is 6.93. The van der Waals surface area contributed by atoms with Crippen LogP contribution in [0.15, 0.2) is 6.07 Å². The number of hydrogen-bond acceptors (Lipinski definition) is 4. The summed E-state index contributed by atoms with van der Waals surface area (Å²) in [6.45, 7) is 1.22. The van der Waals surface area contributed by atoms with Crippen molar-refractivity contribution < 1.29 is 31.2 Å². The van der Waals surface area contributed by atoms with Crippen molar-refractivity contribution in [2.45, 2.75) is 12.4 Å². The molecular formula is C10H6F3I3N2O4S. The Morgan fingerprint density at radius 3 is 2.09 bits per heavy atom. The van der Waals surface area contributed by atoms with Crippen LogP contribution in [0, 0.1) is 10.7 Å². The van der Waals surface area contributed by atoms with E-state index in [1.807, 2.05) is 22.6 Å². The maximum atomic E-state index is 12.4. The molecule has 0 spiro atoms. The molecular weight excluding hydrogens is 682 g/mol. The number of anilines is 1.